The lowest BCUT2D eigenvalue weighted by Crippen LogP contribution is -2.50. The second kappa shape index (κ2) is 9.48. The molecule has 2 amide bonds. The molecule has 0 saturated heterocycles. The number of nitrogens with zero attached hydrogens (tertiary/aromatic N) is 2. The van der Waals surface area contributed by atoms with E-state index in [0.717, 1.165) is 0 Å². The Labute approximate surface area is 159 Å². The van der Waals surface area contributed by atoms with Gasteiger partial charge in [0.05, 0.1) is 18.9 Å². The highest BCUT2D eigenvalue weighted by Crippen LogP contribution is 2.35. The van der Waals surface area contributed by atoms with Crippen molar-refractivity contribution in [2.75, 3.05) is 52.0 Å². The maximum Gasteiger partial charge on any atom is 0.268 e. The number of fused-ring (bicyclic) bond motifs is 1. The van der Waals surface area contributed by atoms with Gasteiger partial charge in [-0.1, -0.05) is 0 Å². The Morgan fingerprint density at radius 2 is 1.81 bits per heavy atom. The molecular weight excluding hydrogens is 352 g/mol. The van der Waals surface area contributed by atoms with Crippen LogP contribution in [0.1, 0.15) is 24.2 Å². The van der Waals surface area contributed by atoms with E-state index in [1.54, 1.807) is 44.2 Å². The lowest BCUT2D eigenvalue weighted by atomic mass is 10.1. The van der Waals surface area contributed by atoms with Crippen molar-refractivity contribution in [3.63, 3.8) is 0 Å². The SMILES string of the molecule is COCCN(CCOC)C(=O)CN1C(=O)C(C)Oc2ccc(C(C)=O)cc21. The summed E-state index contributed by atoms with van der Waals surface area (Å²) in [5.41, 5.74) is 0.880. The molecule has 1 heterocycles. The van der Waals surface area contributed by atoms with E-state index in [4.69, 9.17) is 14.2 Å². The third-order valence-corrected chi connectivity index (χ3v) is 4.35. The quantitative estimate of drug-likeness (QED) is 0.599. The van der Waals surface area contributed by atoms with Crippen LogP contribution in [0.25, 0.3) is 0 Å². The topological polar surface area (TPSA) is 85.4 Å². The van der Waals surface area contributed by atoms with Gasteiger partial charge < -0.3 is 19.1 Å². The minimum Gasteiger partial charge on any atom is -0.479 e. The monoisotopic (exact) mass is 378 g/mol. The molecule has 1 atom stereocenters. The van der Waals surface area contributed by atoms with Gasteiger partial charge in [0.2, 0.25) is 5.91 Å². The molecule has 0 N–H and O–H groups in total. The second-order valence-corrected chi connectivity index (χ2v) is 6.29. The summed E-state index contributed by atoms with van der Waals surface area (Å²) in [5, 5.41) is 0. The molecule has 0 spiro atoms. The number of anilines is 1. The summed E-state index contributed by atoms with van der Waals surface area (Å²) >= 11 is 0. The smallest absolute Gasteiger partial charge is 0.268 e. The lowest BCUT2D eigenvalue weighted by molar-refractivity contribution is -0.134. The zero-order valence-electron chi connectivity index (χ0n) is 16.2. The Morgan fingerprint density at radius 1 is 1.19 bits per heavy atom. The van der Waals surface area contributed by atoms with Crippen LogP contribution < -0.4 is 9.64 Å². The van der Waals surface area contributed by atoms with Crippen molar-refractivity contribution in [2.24, 2.45) is 0 Å². The number of ether oxygens (including phenoxy) is 3. The largest absolute Gasteiger partial charge is 0.479 e. The Bertz CT molecular complexity index is 697. The first-order chi connectivity index (χ1) is 12.9. The first-order valence-electron chi connectivity index (χ1n) is 8.77. The molecule has 1 aromatic carbocycles. The van der Waals surface area contributed by atoms with Gasteiger partial charge in [0.25, 0.3) is 5.91 Å². The second-order valence-electron chi connectivity index (χ2n) is 6.29. The van der Waals surface area contributed by atoms with Crippen LogP contribution in [-0.2, 0) is 19.1 Å². The van der Waals surface area contributed by atoms with Crippen LogP contribution in [0.5, 0.6) is 5.75 Å². The van der Waals surface area contributed by atoms with Gasteiger partial charge in [-0.15, -0.1) is 0 Å². The zero-order valence-corrected chi connectivity index (χ0v) is 16.2. The summed E-state index contributed by atoms with van der Waals surface area (Å²) in [6.07, 6.45) is -0.708. The highest BCUT2D eigenvalue weighted by atomic mass is 16.5. The highest BCUT2D eigenvalue weighted by molar-refractivity contribution is 6.05. The van der Waals surface area contributed by atoms with Gasteiger partial charge in [-0.3, -0.25) is 19.3 Å². The third-order valence-electron chi connectivity index (χ3n) is 4.35. The molecule has 0 aromatic heterocycles. The van der Waals surface area contributed by atoms with E-state index in [2.05, 4.69) is 0 Å². The first-order valence-corrected chi connectivity index (χ1v) is 8.77. The fraction of sp³-hybridized carbons (Fsp3) is 0.526. The van der Waals surface area contributed by atoms with Crippen molar-refractivity contribution in [2.45, 2.75) is 20.0 Å². The standard InChI is InChI=1S/C19H26N2O6/c1-13(22)15-5-6-17-16(11-15)21(19(24)14(2)27-17)12-18(23)20(7-9-25-3)8-10-26-4/h5-6,11,14H,7-10,12H2,1-4H3. The summed E-state index contributed by atoms with van der Waals surface area (Å²) in [4.78, 5) is 40.1. The molecule has 1 aromatic rings. The van der Waals surface area contributed by atoms with Crippen LogP contribution in [0.2, 0.25) is 0 Å². The van der Waals surface area contributed by atoms with E-state index in [-0.39, 0.29) is 24.1 Å². The Balaban J connectivity index is 2.27. The molecule has 0 radical (unpaired) electrons. The van der Waals surface area contributed by atoms with Gasteiger partial charge in [0.1, 0.15) is 12.3 Å². The number of carbonyl (C=O) groups excluding carboxylic acids is 3. The highest BCUT2D eigenvalue weighted by Gasteiger charge is 2.34. The normalized spacial score (nSPS) is 15.9. The molecule has 1 aliphatic rings. The van der Waals surface area contributed by atoms with Crippen molar-refractivity contribution in [1.82, 2.24) is 4.90 Å². The average Bonchev–Trinajstić information content (AvgIpc) is 2.65. The van der Waals surface area contributed by atoms with Gasteiger partial charge in [-0.2, -0.15) is 0 Å². The molecule has 0 fully saturated rings. The number of rotatable bonds is 9. The maximum absolute atomic E-state index is 12.8. The molecule has 0 saturated carbocycles. The Kier molecular flexibility index (Phi) is 7.32. The number of Topliss-reactive ketones (excluding diaryl/α,β-unsaturated/α-hetero) is 1. The Hall–Kier alpha value is -2.45. The van der Waals surface area contributed by atoms with Gasteiger partial charge in [-0.05, 0) is 32.0 Å². The average molecular weight is 378 g/mol. The maximum atomic E-state index is 12.8. The van der Waals surface area contributed by atoms with E-state index >= 15 is 0 Å². The van der Waals surface area contributed by atoms with E-state index in [1.807, 2.05) is 0 Å². The molecule has 1 aliphatic heterocycles. The van der Waals surface area contributed by atoms with Crippen molar-refractivity contribution in [3.05, 3.63) is 23.8 Å². The molecule has 0 aliphatic carbocycles. The van der Waals surface area contributed by atoms with Crippen LogP contribution in [0, 0.1) is 0 Å². The number of benzene rings is 1. The summed E-state index contributed by atoms with van der Waals surface area (Å²) in [7, 11) is 3.12. The number of ketones is 1. The van der Waals surface area contributed by atoms with Gasteiger partial charge >= 0.3 is 0 Å². The van der Waals surface area contributed by atoms with E-state index < -0.39 is 6.10 Å². The van der Waals surface area contributed by atoms with Gasteiger partial charge in [-0.25, -0.2) is 0 Å². The summed E-state index contributed by atoms with van der Waals surface area (Å²) < 4.78 is 15.7. The summed E-state index contributed by atoms with van der Waals surface area (Å²) in [5.74, 6) is -0.210. The first kappa shape index (κ1) is 20.9. The minimum absolute atomic E-state index is 0.128. The number of carbonyl (C=O) groups is 3. The van der Waals surface area contributed by atoms with Crippen molar-refractivity contribution >= 4 is 23.3 Å². The molecule has 8 nitrogen and oxygen atoms in total. The molecular formula is C19H26N2O6. The van der Waals surface area contributed by atoms with Crippen LogP contribution in [0.4, 0.5) is 5.69 Å². The summed E-state index contributed by atoms with van der Waals surface area (Å²) in [6.45, 7) is 4.49. The fourth-order valence-electron chi connectivity index (χ4n) is 2.79. The van der Waals surface area contributed by atoms with Gasteiger partial charge in [0, 0.05) is 32.9 Å². The number of hydrogen-bond donors (Lipinski definition) is 0. The molecule has 0 bridgehead atoms. The van der Waals surface area contributed by atoms with Crippen LogP contribution in [0.3, 0.4) is 0 Å². The third kappa shape index (κ3) is 5.05. The Morgan fingerprint density at radius 3 is 2.37 bits per heavy atom. The van der Waals surface area contributed by atoms with Crippen LogP contribution >= 0.6 is 0 Å². The van der Waals surface area contributed by atoms with Gasteiger partial charge in [0.15, 0.2) is 11.9 Å². The lowest BCUT2D eigenvalue weighted by Gasteiger charge is -2.34. The fourth-order valence-corrected chi connectivity index (χ4v) is 2.79. The van der Waals surface area contributed by atoms with Crippen LogP contribution in [-0.4, -0.2) is 75.7 Å². The number of hydrogen-bond acceptors (Lipinski definition) is 6. The predicted octanol–water partition coefficient (Wildman–Crippen LogP) is 1.12. The van der Waals surface area contributed by atoms with E-state index in [9.17, 15) is 14.4 Å². The van der Waals surface area contributed by atoms with Crippen molar-refractivity contribution < 1.29 is 28.6 Å². The predicted molar refractivity (Wildman–Crippen MR) is 99.2 cm³/mol. The molecule has 1 unspecified atom stereocenters. The van der Waals surface area contributed by atoms with Crippen molar-refractivity contribution in [1.29, 1.82) is 0 Å². The zero-order chi connectivity index (χ0) is 20.0. The molecule has 8 heteroatoms. The molecule has 2 rings (SSSR count). The number of amides is 2. The van der Waals surface area contributed by atoms with Crippen molar-refractivity contribution in [3.8, 4) is 5.75 Å². The van der Waals surface area contributed by atoms with E-state index in [1.165, 1.54) is 11.8 Å². The van der Waals surface area contributed by atoms with Crippen LogP contribution in [0.15, 0.2) is 18.2 Å². The number of methoxy groups -OCH3 is 2. The van der Waals surface area contributed by atoms with E-state index in [0.29, 0.717) is 43.3 Å². The summed E-state index contributed by atoms with van der Waals surface area (Å²) in [6, 6.07) is 4.89. The molecule has 27 heavy (non-hydrogen) atoms. The minimum atomic E-state index is -0.708. The molecule has 148 valence electrons.